The van der Waals surface area contributed by atoms with Gasteiger partial charge in [-0.25, -0.2) is 0 Å². The van der Waals surface area contributed by atoms with E-state index in [1.165, 1.54) is 5.56 Å². The third-order valence-corrected chi connectivity index (χ3v) is 8.10. The van der Waals surface area contributed by atoms with Crippen molar-refractivity contribution in [2.75, 3.05) is 18.4 Å². The molecule has 0 bridgehead atoms. The van der Waals surface area contributed by atoms with E-state index in [1.807, 2.05) is 54.6 Å². The largest absolute Gasteiger partial charge is 0.322 e. The van der Waals surface area contributed by atoms with Gasteiger partial charge in [0.15, 0.2) is 0 Å². The topological polar surface area (TPSA) is 112 Å². The molecule has 0 aliphatic carbocycles. The first-order chi connectivity index (χ1) is 19.4. The first-order valence-corrected chi connectivity index (χ1v) is 13.8. The van der Waals surface area contributed by atoms with Crippen LogP contribution in [0.25, 0.3) is 0 Å². The van der Waals surface area contributed by atoms with Crippen LogP contribution in [-0.4, -0.2) is 57.5 Å². The molecule has 4 amide bonds. The average Bonchev–Trinajstić information content (AvgIpc) is 3.29. The van der Waals surface area contributed by atoms with Crippen molar-refractivity contribution in [2.24, 2.45) is 0 Å². The van der Waals surface area contributed by atoms with Crippen LogP contribution in [-0.2, 0) is 22.7 Å². The number of carbonyl (C=O) groups excluding carboxylic acids is 4. The Bertz CT molecular complexity index is 1470. The Labute approximate surface area is 232 Å². The van der Waals surface area contributed by atoms with Crippen molar-refractivity contribution in [2.45, 2.75) is 50.7 Å². The summed E-state index contributed by atoms with van der Waals surface area (Å²) >= 11 is 0. The van der Waals surface area contributed by atoms with Gasteiger partial charge in [0.1, 0.15) is 11.7 Å². The van der Waals surface area contributed by atoms with E-state index in [1.54, 1.807) is 11.1 Å². The van der Waals surface area contributed by atoms with Gasteiger partial charge in [-0.1, -0.05) is 30.3 Å². The summed E-state index contributed by atoms with van der Waals surface area (Å²) in [6, 6.07) is 18.6. The smallest absolute Gasteiger partial charge is 0.274 e. The van der Waals surface area contributed by atoms with Crippen LogP contribution in [0.15, 0.2) is 66.9 Å². The number of imide groups is 1. The molecular weight excluding hydrogens is 506 g/mol. The van der Waals surface area contributed by atoms with E-state index in [0.29, 0.717) is 30.1 Å². The molecule has 9 heteroatoms. The molecule has 2 N–H and O–H groups in total. The highest BCUT2D eigenvalue weighted by Gasteiger charge is 2.39. The van der Waals surface area contributed by atoms with Gasteiger partial charge in [0.25, 0.3) is 11.8 Å². The second-order valence-corrected chi connectivity index (χ2v) is 10.7. The Morgan fingerprint density at radius 3 is 2.55 bits per heavy atom. The predicted octanol–water partition coefficient (Wildman–Crippen LogP) is 3.47. The Morgan fingerprint density at radius 2 is 1.77 bits per heavy atom. The van der Waals surface area contributed by atoms with Gasteiger partial charge in [0.2, 0.25) is 11.8 Å². The van der Waals surface area contributed by atoms with Crippen LogP contribution in [0.5, 0.6) is 0 Å². The van der Waals surface area contributed by atoms with E-state index in [0.717, 1.165) is 49.3 Å². The first kappa shape index (κ1) is 25.9. The molecule has 0 spiro atoms. The fourth-order valence-electron chi connectivity index (χ4n) is 5.94. The van der Waals surface area contributed by atoms with Crippen LogP contribution in [0.1, 0.15) is 69.1 Å². The molecule has 3 aliphatic heterocycles. The lowest BCUT2D eigenvalue weighted by Gasteiger charge is -2.32. The van der Waals surface area contributed by atoms with Crippen LogP contribution in [0.2, 0.25) is 0 Å². The van der Waals surface area contributed by atoms with Crippen LogP contribution >= 0.6 is 0 Å². The zero-order valence-corrected chi connectivity index (χ0v) is 22.1. The lowest BCUT2D eigenvalue weighted by Crippen LogP contribution is -2.52. The lowest BCUT2D eigenvalue weighted by atomic mass is 9.87. The summed E-state index contributed by atoms with van der Waals surface area (Å²) in [6.07, 6.45) is 4.30. The van der Waals surface area contributed by atoms with Crippen LogP contribution in [0.3, 0.4) is 0 Å². The van der Waals surface area contributed by atoms with Crippen molar-refractivity contribution in [1.82, 2.24) is 20.1 Å². The molecule has 9 nitrogen and oxygen atoms in total. The number of benzene rings is 2. The molecule has 2 saturated heterocycles. The monoisotopic (exact) mass is 537 g/mol. The molecule has 1 atom stereocenters. The van der Waals surface area contributed by atoms with Gasteiger partial charge in [0, 0.05) is 37.0 Å². The number of hydrogen-bond donors (Lipinski definition) is 2. The highest BCUT2D eigenvalue weighted by molar-refractivity contribution is 6.05. The van der Waals surface area contributed by atoms with Crippen molar-refractivity contribution in [3.8, 4) is 0 Å². The molecule has 40 heavy (non-hydrogen) atoms. The number of fused-ring (bicyclic) bond motifs is 1. The highest BCUT2D eigenvalue weighted by atomic mass is 16.2. The molecule has 6 rings (SSSR count). The minimum Gasteiger partial charge on any atom is -0.322 e. The third kappa shape index (κ3) is 5.37. The number of nitrogens with zero attached hydrogens (tertiary/aromatic N) is 3. The van der Waals surface area contributed by atoms with E-state index >= 15 is 0 Å². The van der Waals surface area contributed by atoms with E-state index in [9.17, 15) is 19.2 Å². The molecule has 2 fully saturated rings. The fourth-order valence-corrected chi connectivity index (χ4v) is 5.94. The van der Waals surface area contributed by atoms with Gasteiger partial charge in [-0.05, 0) is 85.3 Å². The van der Waals surface area contributed by atoms with Gasteiger partial charge in [-0.15, -0.1) is 0 Å². The van der Waals surface area contributed by atoms with Crippen LogP contribution in [0.4, 0.5) is 5.69 Å². The summed E-state index contributed by atoms with van der Waals surface area (Å²) in [5, 5.41) is 5.24. The standard InChI is InChI=1S/C31H31N5O4/c37-28-9-8-27(30(39)34-28)36-19-23-17-22(6-7-25(23)31(36)40)21-11-14-35(15-12-21)18-20-10-13-32-26(16-20)29(38)33-24-4-2-1-3-5-24/h1-7,10,13,16-17,21,27H,8-9,11-12,14-15,18-19H2,(H,33,38)(H,34,37,39). The van der Waals surface area contributed by atoms with E-state index < -0.39 is 6.04 Å². The zero-order chi connectivity index (χ0) is 27.6. The van der Waals surface area contributed by atoms with Gasteiger partial charge in [0.05, 0.1) is 0 Å². The minimum absolute atomic E-state index is 0.139. The Kier molecular flexibility index (Phi) is 7.13. The number of aromatic nitrogens is 1. The second kappa shape index (κ2) is 11.0. The van der Waals surface area contributed by atoms with Crippen molar-refractivity contribution in [3.63, 3.8) is 0 Å². The van der Waals surface area contributed by atoms with Crippen LogP contribution < -0.4 is 10.6 Å². The number of carbonyl (C=O) groups is 4. The minimum atomic E-state index is -0.595. The number of rotatable bonds is 6. The summed E-state index contributed by atoms with van der Waals surface area (Å²) in [4.78, 5) is 57.8. The third-order valence-electron chi connectivity index (χ3n) is 8.10. The Hall–Kier alpha value is -4.37. The van der Waals surface area contributed by atoms with Crippen molar-refractivity contribution >= 4 is 29.3 Å². The number of pyridine rings is 1. The molecule has 0 radical (unpaired) electrons. The average molecular weight is 538 g/mol. The van der Waals surface area contributed by atoms with Crippen molar-refractivity contribution in [3.05, 3.63) is 94.8 Å². The second-order valence-electron chi connectivity index (χ2n) is 10.7. The fraction of sp³-hybridized carbons (Fsp3) is 0.323. The van der Waals surface area contributed by atoms with Gasteiger partial charge < -0.3 is 10.2 Å². The van der Waals surface area contributed by atoms with E-state index in [2.05, 4.69) is 26.6 Å². The zero-order valence-electron chi connectivity index (χ0n) is 22.1. The predicted molar refractivity (Wildman–Crippen MR) is 148 cm³/mol. The maximum Gasteiger partial charge on any atom is 0.274 e. The maximum absolute atomic E-state index is 13.0. The van der Waals surface area contributed by atoms with Crippen molar-refractivity contribution in [1.29, 1.82) is 0 Å². The molecule has 0 saturated carbocycles. The Morgan fingerprint density at radius 1 is 0.975 bits per heavy atom. The van der Waals surface area contributed by atoms with E-state index in [4.69, 9.17) is 0 Å². The highest BCUT2D eigenvalue weighted by Crippen LogP contribution is 2.34. The SMILES string of the molecule is O=C1CCC(N2Cc3cc(C4CCN(Cc5ccnc(C(=O)Nc6ccccc6)c5)CC4)ccc3C2=O)C(=O)N1. The molecule has 3 aliphatic rings. The number of anilines is 1. The van der Waals surface area contributed by atoms with Gasteiger partial charge in [-0.2, -0.15) is 0 Å². The number of nitrogens with one attached hydrogen (secondary N) is 2. The van der Waals surface area contributed by atoms with Gasteiger partial charge >= 0.3 is 0 Å². The van der Waals surface area contributed by atoms with Gasteiger partial charge in [-0.3, -0.25) is 34.4 Å². The molecule has 1 unspecified atom stereocenters. The summed E-state index contributed by atoms with van der Waals surface area (Å²) in [5.41, 5.74) is 5.01. The lowest BCUT2D eigenvalue weighted by molar-refractivity contribution is -0.136. The maximum atomic E-state index is 13.0. The summed E-state index contributed by atoms with van der Waals surface area (Å²) in [6.45, 7) is 3.00. The molecule has 2 aromatic carbocycles. The molecule has 4 heterocycles. The normalized spacial score (nSPS) is 19.9. The number of amides is 4. The number of piperidine rings is 2. The van der Waals surface area contributed by atoms with E-state index in [-0.39, 0.29) is 30.0 Å². The van der Waals surface area contributed by atoms with Crippen molar-refractivity contribution < 1.29 is 19.2 Å². The molecule has 3 aromatic rings. The van der Waals surface area contributed by atoms with Crippen LogP contribution in [0, 0.1) is 0 Å². The summed E-state index contributed by atoms with van der Waals surface area (Å²) in [5.74, 6) is -0.635. The molecule has 204 valence electrons. The number of hydrogen-bond acceptors (Lipinski definition) is 6. The Balaban J connectivity index is 1.05. The summed E-state index contributed by atoms with van der Waals surface area (Å²) < 4.78 is 0. The molecule has 1 aromatic heterocycles. The first-order valence-electron chi connectivity index (χ1n) is 13.8. The quantitative estimate of drug-likeness (QED) is 0.466. The molecular formula is C31H31N5O4. The summed E-state index contributed by atoms with van der Waals surface area (Å²) in [7, 11) is 0. The number of para-hydroxylation sites is 1. The number of likely N-dealkylation sites (tertiary alicyclic amines) is 1.